The molecule has 120 valence electrons. The van der Waals surface area contributed by atoms with Crippen molar-refractivity contribution in [2.75, 3.05) is 0 Å². The van der Waals surface area contributed by atoms with Crippen LogP contribution in [0.15, 0.2) is 30.5 Å². The van der Waals surface area contributed by atoms with Gasteiger partial charge in [0.1, 0.15) is 5.82 Å². The maximum atomic E-state index is 13.0. The van der Waals surface area contributed by atoms with Gasteiger partial charge in [-0.15, -0.1) is 5.10 Å². The van der Waals surface area contributed by atoms with Crippen molar-refractivity contribution in [1.29, 1.82) is 0 Å². The third-order valence-corrected chi connectivity index (χ3v) is 4.72. The molecule has 2 saturated carbocycles. The highest BCUT2D eigenvalue weighted by molar-refractivity contribution is 5.92. The molecule has 0 spiro atoms. The minimum Gasteiger partial charge on any atom is -0.331 e. The maximum absolute atomic E-state index is 13.0. The summed E-state index contributed by atoms with van der Waals surface area (Å²) in [7, 11) is 0. The average molecular weight is 314 g/mol. The summed E-state index contributed by atoms with van der Waals surface area (Å²) in [5, 5.41) is 8.05. The van der Waals surface area contributed by atoms with Crippen LogP contribution in [-0.2, 0) is 0 Å². The number of rotatable bonds is 5. The first kappa shape index (κ1) is 14.4. The van der Waals surface area contributed by atoms with Gasteiger partial charge in [0.2, 0.25) is 0 Å². The molecule has 23 heavy (non-hydrogen) atoms. The predicted molar refractivity (Wildman–Crippen MR) is 82.7 cm³/mol. The van der Waals surface area contributed by atoms with Gasteiger partial charge in [-0.05, 0) is 62.8 Å². The van der Waals surface area contributed by atoms with Crippen molar-refractivity contribution < 1.29 is 9.18 Å². The molecule has 1 amide bonds. The third kappa shape index (κ3) is 2.85. The molecule has 0 saturated heterocycles. The highest BCUT2D eigenvalue weighted by Crippen LogP contribution is 2.40. The van der Waals surface area contributed by atoms with Gasteiger partial charge in [-0.2, -0.15) is 0 Å². The highest BCUT2D eigenvalue weighted by Gasteiger charge is 2.42. The molecule has 2 aliphatic rings. The standard InChI is InChI=1S/C17H19FN4O/c1-11(12-2-3-12)22(15-8-9-15)17(23)16-10-21(20-19-16)14-6-4-13(18)5-7-14/h4-7,10-12,15H,2-3,8-9H2,1H3. The van der Waals surface area contributed by atoms with Crippen LogP contribution < -0.4 is 0 Å². The average Bonchev–Trinajstić information content (AvgIpc) is 3.47. The van der Waals surface area contributed by atoms with Gasteiger partial charge < -0.3 is 4.90 Å². The molecular formula is C17H19FN4O. The van der Waals surface area contributed by atoms with Crippen LogP contribution in [0.3, 0.4) is 0 Å². The second-order valence-corrected chi connectivity index (χ2v) is 6.55. The summed E-state index contributed by atoms with van der Waals surface area (Å²) >= 11 is 0. The summed E-state index contributed by atoms with van der Waals surface area (Å²) in [4.78, 5) is 14.8. The molecule has 0 aliphatic heterocycles. The summed E-state index contributed by atoms with van der Waals surface area (Å²) in [6.45, 7) is 2.14. The smallest absolute Gasteiger partial charge is 0.276 e. The van der Waals surface area contributed by atoms with E-state index in [0.29, 0.717) is 23.3 Å². The van der Waals surface area contributed by atoms with Gasteiger partial charge in [-0.3, -0.25) is 4.79 Å². The first-order chi connectivity index (χ1) is 11.1. The van der Waals surface area contributed by atoms with Crippen molar-refractivity contribution in [3.63, 3.8) is 0 Å². The Hall–Kier alpha value is -2.24. The molecule has 0 bridgehead atoms. The van der Waals surface area contributed by atoms with E-state index >= 15 is 0 Å². The maximum Gasteiger partial charge on any atom is 0.276 e. The van der Waals surface area contributed by atoms with Crippen LogP contribution in [0.4, 0.5) is 4.39 Å². The molecule has 2 aromatic rings. The number of carbonyl (C=O) groups is 1. The summed E-state index contributed by atoms with van der Waals surface area (Å²) < 4.78 is 14.5. The topological polar surface area (TPSA) is 51.0 Å². The van der Waals surface area contributed by atoms with Crippen LogP contribution in [0.1, 0.15) is 43.1 Å². The molecule has 1 unspecified atom stereocenters. The van der Waals surface area contributed by atoms with Gasteiger partial charge >= 0.3 is 0 Å². The number of amides is 1. The van der Waals surface area contributed by atoms with E-state index in [9.17, 15) is 9.18 Å². The normalized spacial score (nSPS) is 18.7. The number of carbonyl (C=O) groups excluding carboxylic acids is 1. The van der Waals surface area contributed by atoms with Gasteiger partial charge in [-0.1, -0.05) is 5.21 Å². The van der Waals surface area contributed by atoms with Gasteiger partial charge in [0.25, 0.3) is 5.91 Å². The Balaban J connectivity index is 1.57. The Morgan fingerprint density at radius 3 is 2.57 bits per heavy atom. The van der Waals surface area contributed by atoms with Crippen LogP contribution in [-0.4, -0.2) is 37.9 Å². The molecule has 1 aromatic heterocycles. The Bertz CT molecular complexity index is 718. The van der Waals surface area contributed by atoms with E-state index in [1.54, 1.807) is 18.3 Å². The molecular weight excluding hydrogens is 295 g/mol. The number of aromatic nitrogens is 3. The van der Waals surface area contributed by atoms with Crippen molar-refractivity contribution in [1.82, 2.24) is 19.9 Å². The number of hydrogen-bond acceptors (Lipinski definition) is 3. The van der Waals surface area contributed by atoms with Gasteiger partial charge in [0, 0.05) is 12.1 Å². The molecule has 1 heterocycles. The van der Waals surface area contributed by atoms with Crippen molar-refractivity contribution >= 4 is 5.91 Å². The zero-order chi connectivity index (χ0) is 16.0. The minimum absolute atomic E-state index is 0.0414. The Kier molecular flexibility index (Phi) is 3.39. The fourth-order valence-corrected chi connectivity index (χ4v) is 3.06. The molecule has 1 atom stereocenters. The molecule has 5 nitrogen and oxygen atoms in total. The van der Waals surface area contributed by atoms with E-state index in [1.807, 2.05) is 4.90 Å². The Labute approximate surface area is 134 Å². The van der Waals surface area contributed by atoms with Crippen LogP contribution in [0.2, 0.25) is 0 Å². The van der Waals surface area contributed by atoms with Crippen LogP contribution in [0.5, 0.6) is 0 Å². The molecule has 2 fully saturated rings. The lowest BCUT2D eigenvalue weighted by atomic mass is 10.1. The highest BCUT2D eigenvalue weighted by atomic mass is 19.1. The van der Waals surface area contributed by atoms with E-state index in [2.05, 4.69) is 17.2 Å². The van der Waals surface area contributed by atoms with E-state index in [1.165, 1.54) is 29.7 Å². The van der Waals surface area contributed by atoms with Gasteiger partial charge in [0.05, 0.1) is 11.9 Å². The fourth-order valence-electron chi connectivity index (χ4n) is 3.06. The first-order valence-electron chi connectivity index (χ1n) is 8.14. The van der Waals surface area contributed by atoms with E-state index in [0.717, 1.165) is 12.8 Å². The largest absolute Gasteiger partial charge is 0.331 e. The first-order valence-corrected chi connectivity index (χ1v) is 8.14. The minimum atomic E-state index is -0.302. The predicted octanol–water partition coefficient (Wildman–Crippen LogP) is 2.81. The van der Waals surface area contributed by atoms with Gasteiger partial charge in [-0.25, -0.2) is 9.07 Å². The lowest BCUT2D eigenvalue weighted by Gasteiger charge is -2.28. The lowest BCUT2D eigenvalue weighted by Crippen LogP contribution is -2.41. The SMILES string of the molecule is CC(C1CC1)N(C(=O)c1cn(-c2ccc(F)cc2)nn1)C1CC1. The molecule has 0 N–H and O–H groups in total. The van der Waals surface area contributed by atoms with E-state index < -0.39 is 0 Å². The number of nitrogens with zero attached hydrogens (tertiary/aromatic N) is 4. The summed E-state index contributed by atoms with van der Waals surface area (Å²) in [6, 6.07) is 6.59. The lowest BCUT2D eigenvalue weighted by molar-refractivity contribution is 0.0648. The molecule has 1 aromatic carbocycles. The van der Waals surface area contributed by atoms with E-state index in [-0.39, 0.29) is 17.8 Å². The summed E-state index contributed by atoms with van der Waals surface area (Å²) in [5.74, 6) is 0.287. The fraction of sp³-hybridized carbons (Fsp3) is 0.471. The van der Waals surface area contributed by atoms with Crippen LogP contribution in [0.25, 0.3) is 5.69 Å². The molecule has 2 aliphatic carbocycles. The number of benzene rings is 1. The third-order valence-electron chi connectivity index (χ3n) is 4.72. The summed E-state index contributed by atoms with van der Waals surface area (Å²) in [5.41, 5.74) is 1.04. The summed E-state index contributed by atoms with van der Waals surface area (Å²) in [6.07, 6.45) is 6.20. The monoisotopic (exact) mass is 314 g/mol. The van der Waals surface area contributed by atoms with Crippen molar-refractivity contribution in [3.05, 3.63) is 42.0 Å². The number of halogens is 1. The molecule has 4 rings (SSSR count). The Morgan fingerprint density at radius 2 is 1.96 bits per heavy atom. The second kappa shape index (κ2) is 5.44. The molecule has 6 heteroatoms. The van der Waals surface area contributed by atoms with Crippen LogP contribution >= 0.6 is 0 Å². The zero-order valence-electron chi connectivity index (χ0n) is 13.0. The Morgan fingerprint density at radius 1 is 1.26 bits per heavy atom. The quantitative estimate of drug-likeness (QED) is 0.853. The van der Waals surface area contributed by atoms with Crippen molar-refractivity contribution in [2.45, 2.75) is 44.7 Å². The zero-order valence-corrected chi connectivity index (χ0v) is 13.0. The van der Waals surface area contributed by atoms with E-state index in [4.69, 9.17) is 0 Å². The second-order valence-electron chi connectivity index (χ2n) is 6.55. The number of hydrogen-bond donors (Lipinski definition) is 0. The van der Waals surface area contributed by atoms with Crippen molar-refractivity contribution in [3.8, 4) is 5.69 Å². The van der Waals surface area contributed by atoms with Crippen molar-refractivity contribution in [2.24, 2.45) is 5.92 Å². The van der Waals surface area contributed by atoms with Crippen LogP contribution in [0, 0.1) is 11.7 Å². The molecule has 0 radical (unpaired) electrons. The van der Waals surface area contributed by atoms with Gasteiger partial charge in [0.15, 0.2) is 5.69 Å².